The summed E-state index contributed by atoms with van der Waals surface area (Å²) in [6.07, 6.45) is 2.43. The summed E-state index contributed by atoms with van der Waals surface area (Å²) in [6.45, 7) is 0.457. The Kier molecular flexibility index (Phi) is 3.91. The van der Waals surface area contributed by atoms with Crippen LogP contribution in [-0.4, -0.2) is 14.8 Å². The molecule has 0 amide bonds. The Hall–Kier alpha value is -0.850. The van der Waals surface area contributed by atoms with E-state index in [9.17, 15) is 0 Å². The van der Waals surface area contributed by atoms with Gasteiger partial charge in [0.2, 0.25) is 0 Å². The van der Waals surface area contributed by atoms with Gasteiger partial charge in [0.25, 0.3) is 0 Å². The monoisotopic (exact) mass is 338 g/mol. The molecular weight excluding hydrogens is 324 g/mol. The zero-order chi connectivity index (χ0) is 13.2. The summed E-state index contributed by atoms with van der Waals surface area (Å²) in [5.74, 6) is 1.79. The largest absolute Gasteiger partial charge is 0.324 e. The number of halogens is 1. The molecule has 2 aromatic rings. The lowest BCUT2D eigenvalue weighted by Crippen LogP contribution is -2.08. The Morgan fingerprint density at radius 2 is 2.11 bits per heavy atom. The van der Waals surface area contributed by atoms with E-state index in [0.717, 1.165) is 21.2 Å². The average molecular weight is 339 g/mol. The zero-order valence-electron chi connectivity index (χ0n) is 10.4. The molecule has 1 aliphatic carbocycles. The van der Waals surface area contributed by atoms with E-state index in [1.165, 1.54) is 18.4 Å². The topological polar surface area (TPSA) is 56.7 Å². The zero-order valence-corrected chi connectivity index (χ0v) is 12.8. The predicted octanol–water partition coefficient (Wildman–Crippen LogP) is 3.13. The minimum Gasteiger partial charge on any atom is -0.324 e. The van der Waals surface area contributed by atoms with Crippen LogP contribution in [0.4, 0.5) is 0 Å². The van der Waals surface area contributed by atoms with Crippen molar-refractivity contribution in [2.75, 3.05) is 0 Å². The Balaban J connectivity index is 1.77. The van der Waals surface area contributed by atoms with E-state index in [4.69, 9.17) is 5.73 Å². The first-order chi connectivity index (χ1) is 9.29. The van der Waals surface area contributed by atoms with Gasteiger partial charge in [0.1, 0.15) is 5.82 Å². The summed E-state index contributed by atoms with van der Waals surface area (Å²) in [5.41, 5.74) is 6.99. The summed E-state index contributed by atoms with van der Waals surface area (Å²) in [5, 5.41) is 9.44. The highest BCUT2D eigenvalue weighted by Crippen LogP contribution is 2.39. The van der Waals surface area contributed by atoms with Gasteiger partial charge in [0.05, 0.1) is 6.54 Å². The molecule has 1 aromatic carbocycles. The summed E-state index contributed by atoms with van der Waals surface area (Å²) in [4.78, 5) is 0. The van der Waals surface area contributed by atoms with E-state index in [1.807, 2.05) is 6.07 Å². The lowest BCUT2D eigenvalue weighted by Gasteiger charge is -2.08. The number of nitrogens with zero attached hydrogens (tertiary/aromatic N) is 3. The van der Waals surface area contributed by atoms with Crippen molar-refractivity contribution in [1.29, 1.82) is 0 Å². The maximum atomic E-state index is 5.72. The molecule has 6 heteroatoms. The number of aromatic nitrogens is 3. The van der Waals surface area contributed by atoms with Gasteiger partial charge >= 0.3 is 0 Å². The van der Waals surface area contributed by atoms with Crippen LogP contribution in [0.25, 0.3) is 0 Å². The molecule has 0 unspecified atom stereocenters. The molecule has 100 valence electrons. The highest BCUT2D eigenvalue weighted by molar-refractivity contribution is 9.10. The molecule has 1 saturated carbocycles. The van der Waals surface area contributed by atoms with E-state index in [2.05, 4.69) is 48.9 Å². The molecule has 0 spiro atoms. The minimum absolute atomic E-state index is 0.457. The standard InChI is InChI=1S/C13H15BrN4S/c14-11-4-2-1-3-9(11)8-19-13-17-16-12(7-15)18(13)10-5-6-10/h1-4,10H,5-8,15H2. The van der Waals surface area contributed by atoms with E-state index >= 15 is 0 Å². The van der Waals surface area contributed by atoms with E-state index in [0.29, 0.717) is 12.6 Å². The molecular formula is C13H15BrN4S. The van der Waals surface area contributed by atoms with Crippen molar-refractivity contribution in [3.05, 3.63) is 40.1 Å². The smallest absolute Gasteiger partial charge is 0.191 e. The number of thioether (sulfide) groups is 1. The van der Waals surface area contributed by atoms with Crippen LogP contribution in [-0.2, 0) is 12.3 Å². The van der Waals surface area contributed by atoms with E-state index < -0.39 is 0 Å². The second kappa shape index (κ2) is 5.64. The molecule has 0 aliphatic heterocycles. The molecule has 19 heavy (non-hydrogen) atoms. The van der Waals surface area contributed by atoms with Crippen LogP contribution >= 0.6 is 27.7 Å². The number of hydrogen-bond acceptors (Lipinski definition) is 4. The predicted molar refractivity (Wildman–Crippen MR) is 79.9 cm³/mol. The lowest BCUT2D eigenvalue weighted by atomic mass is 10.2. The fourth-order valence-electron chi connectivity index (χ4n) is 2.00. The Morgan fingerprint density at radius 1 is 1.32 bits per heavy atom. The summed E-state index contributed by atoms with van der Waals surface area (Å²) < 4.78 is 3.35. The summed E-state index contributed by atoms with van der Waals surface area (Å²) in [7, 11) is 0. The molecule has 1 fully saturated rings. The van der Waals surface area contributed by atoms with Crippen molar-refractivity contribution in [3.8, 4) is 0 Å². The van der Waals surface area contributed by atoms with Gasteiger partial charge in [-0.3, -0.25) is 0 Å². The second-order valence-corrected chi connectivity index (χ2v) is 6.38. The van der Waals surface area contributed by atoms with Crippen LogP contribution < -0.4 is 5.73 Å². The molecule has 1 aromatic heterocycles. The number of hydrogen-bond donors (Lipinski definition) is 1. The van der Waals surface area contributed by atoms with Gasteiger partial charge in [-0.05, 0) is 24.5 Å². The minimum atomic E-state index is 0.457. The first-order valence-corrected chi connectivity index (χ1v) is 8.07. The molecule has 0 saturated heterocycles. The highest BCUT2D eigenvalue weighted by atomic mass is 79.9. The van der Waals surface area contributed by atoms with Gasteiger partial charge in [-0.15, -0.1) is 10.2 Å². The molecule has 2 N–H and O–H groups in total. The third-order valence-electron chi connectivity index (χ3n) is 3.14. The first kappa shape index (κ1) is 13.1. The molecule has 4 nitrogen and oxygen atoms in total. The van der Waals surface area contributed by atoms with E-state index in [-0.39, 0.29) is 0 Å². The van der Waals surface area contributed by atoms with Crippen molar-refractivity contribution in [2.24, 2.45) is 5.73 Å². The third-order valence-corrected chi connectivity index (χ3v) is 4.91. The van der Waals surface area contributed by atoms with Crippen molar-refractivity contribution >= 4 is 27.7 Å². The van der Waals surface area contributed by atoms with Crippen LogP contribution in [0.2, 0.25) is 0 Å². The Morgan fingerprint density at radius 3 is 2.79 bits per heavy atom. The van der Waals surface area contributed by atoms with Crippen molar-refractivity contribution < 1.29 is 0 Å². The maximum Gasteiger partial charge on any atom is 0.191 e. The van der Waals surface area contributed by atoms with Gasteiger partial charge in [-0.1, -0.05) is 45.9 Å². The van der Waals surface area contributed by atoms with Gasteiger partial charge in [-0.25, -0.2) is 0 Å². The van der Waals surface area contributed by atoms with E-state index in [1.54, 1.807) is 11.8 Å². The molecule has 1 aliphatic rings. The molecule has 0 bridgehead atoms. The second-order valence-electron chi connectivity index (χ2n) is 4.58. The fraction of sp³-hybridized carbons (Fsp3) is 0.385. The molecule has 1 heterocycles. The van der Waals surface area contributed by atoms with Crippen LogP contribution in [0.5, 0.6) is 0 Å². The van der Waals surface area contributed by atoms with Gasteiger partial charge < -0.3 is 10.3 Å². The van der Waals surface area contributed by atoms with Crippen LogP contribution in [0.15, 0.2) is 33.9 Å². The lowest BCUT2D eigenvalue weighted by molar-refractivity contribution is 0.626. The highest BCUT2D eigenvalue weighted by Gasteiger charge is 2.29. The number of rotatable bonds is 5. The van der Waals surface area contributed by atoms with Crippen LogP contribution in [0.3, 0.4) is 0 Å². The van der Waals surface area contributed by atoms with Crippen molar-refractivity contribution in [2.45, 2.75) is 36.3 Å². The van der Waals surface area contributed by atoms with Gasteiger partial charge in [0.15, 0.2) is 5.16 Å². The van der Waals surface area contributed by atoms with Crippen molar-refractivity contribution in [3.63, 3.8) is 0 Å². The number of nitrogens with two attached hydrogens (primary N) is 1. The average Bonchev–Trinajstić information content (AvgIpc) is 3.18. The summed E-state index contributed by atoms with van der Waals surface area (Å²) >= 11 is 5.29. The maximum absolute atomic E-state index is 5.72. The Labute approximate surface area is 124 Å². The molecule has 0 atom stereocenters. The van der Waals surface area contributed by atoms with Gasteiger partial charge in [0, 0.05) is 16.3 Å². The van der Waals surface area contributed by atoms with Crippen molar-refractivity contribution in [1.82, 2.24) is 14.8 Å². The van der Waals surface area contributed by atoms with Gasteiger partial charge in [-0.2, -0.15) is 0 Å². The van der Waals surface area contributed by atoms with Crippen LogP contribution in [0.1, 0.15) is 30.3 Å². The Bertz CT molecular complexity index is 580. The van der Waals surface area contributed by atoms with Crippen LogP contribution in [0, 0.1) is 0 Å². The third kappa shape index (κ3) is 2.85. The molecule has 3 rings (SSSR count). The molecule has 0 radical (unpaired) electrons. The summed E-state index contributed by atoms with van der Waals surface area (Å²) in [6, 6.07) is 8.83. The first-order valence-electron chi connectivity index (χ1n) is 6.29. The fourth-order valence-corrected chi connectivity index (χ4v) is 3.64. The SMILES string of the molecule is NCc1nnc(SCc2ccccc2Br)n1C1CC1. The number of benzene rings is 1. The quantitative estimate of drug-likeness (QED) is 0.851. The normalized spacial score (nSPS) is 14.8.